The molecular formula is C15H13ClN4O2S. The number of carbonyl (C=O) groups is 1. The highest BCUT2D eigenvalue weighted by Gasteiger charge is 2.11. The van der Waals surface area contributed by atoms with Gasteiger partial charge in [0.15, 0.2) is 5.82 Å². The molecule has 0 bridgehead atoms. The van der Waals surface area contributed by atoms with Gasteiger partial charge in [-0.2, -0.15) is 0 Å². The van der Waals surface area contributed by atoms with E-state index in [1.54, 1.807) is 24.5 Å². The fraction of sp³-hybridized carbons (Fsp3) is 0.133. The maximum Gasteiger partial charge on any atom is 0.230 e. The molecule has 3 rings (SSSR count). The lowest BCUT2D eigenvalue weighted by molar-refractivity contribution is -0.118. The van der Waals surface area contributed by atoms with E-state index in [-0.39, 0.29) is 11.7 Å². The Balaban J connectivity index is 1.53. The average molecular weight is 349 g/mol. The molecule has 1 aromatic carbocycles. The third-order valence-corrected chi connectivity index (χ3v) is 4.14. The van der Waals surface area contributed by atoms with Gasteiger partial charge in [0.2, 0.25) is 11.1 Å². The summed E-state index contributed by atoms with van der Waals surface area (Å²) in [6.07, 6.45) is 1.57. The Morgan fingerprint density at radius 2 is 2.17 bits per heavy atom. The van der Waals surface area contributed by atoms with E-state index in [4.69, 9.17) is 16.0 Å². The van der Waals surface area contributed by atoms with Crippen molar-refractivity contribution in [3.63, 3.8) is 0 Å². The van der Waals surface area contributed by atoms with Gasteiger partial charge in [0, 0.05) is 5.56 Å². The number of aromatic nitrogens is 3. The highest BCUT2D eigenvalue weighted by atomic mass is 35.5. The quantitative estimate of drug-likeness (QED) is 0.669. The maximum absolute atomic E-state index is 11.8. The number of nitrogens with zero attached hydrogens (tertiary/aromatic N) is 2. The second kappa shape index (κ2) is 7.34. The SMILES string of the molecule is O=C(CSc1n[nH]c(-c2ccccc2Cl)n1)NCc1ccco1. The number of amides is 1. The van der Waals surface area contributed by atoms with Crippen LogP contribution < -0.4 is 5.32 Å². The van der Waals surface area contributed by atoms with Crippen LogP contribution in [0.1, 0.15) is 5.76 Å². The third-order valence-electron chi connectivity index (χ3n) is 2.97. The first-order valence-corrected chi connectivity index (χ1v) is 8.18. The molecule has 0 unspecified atom stereocenters. The molecule has 8 heteroatoms. The lowest BCUT2D eigenvalue weighted by Crippen LogP contribution is -2.24. The van der Waals surface area contributed by atoms with Crippen molar-refractivity contribution in [3.8, 4) is 11.4 Å². The van der Waals surface area contributed by atoms with Crippen LogP contribution in [0.3, 0.4) is 0 Å². The van der Waals surface area contributed by atoms with E-state index in [0.29, 0.717) is 28.3 Å². The number of rotatable bonds is 6. The molecule has 2 heterocycles. The Hall–Kier alpha value is -2.25. The first-order valence-electron chi connectivity index (χ1n) is 6.81. The van der Waals surface area contributed by atoms with E-state index in [1.807, 2.05) is 18.2 Å². The van der Waals surface area contributed by atoms with Crippen molar-refractivity contribution >= 4 is 29.3 Å². The predicted octanol–water partition coefficient (Wildman–Crippen LogP) is 3.13. The van der Waals surface area contributed by atoms with Gasteiger partial charge in [-0.15, -0.1) is 5.10 Å². The molecule has 0 fully saturated rings. The maximum atomic E-state index is 11.8. The van der Waals surface area contributed by atoms with Crippen molar-refractivity contribution in [3.05, 3.63) is 53.4 Å². The van der Waals surface area contributed by atoms with Crippen LogP contribution in [0.5, 0.6) is 0 Å². The van der Waals surface area contributed by atoms with Gasteiger partial charge < -0.3 is 9.73 Å². The standard InChI is InChI=1S/C15H13ClN4O2S/c16-12-6-2-1-5-11(12)14-18-15(20-19-14)23-9-13(21)17-8-10-4-3-7-22-10/h1-7H,8-9H2,(H,17,21)(H,18,19,20). The Morgan fingerprint density at radius 3 is 2.96 bits per heavy atom. The number of hydrogen-bond acceptors (Lipinski definition) is 5. The van der Waals surface area contributed by atoms with E-state index < -0.39 is 0 Å². The van der Waals surface area contributed by atoms with Crippen LogP contribution in [0.15, 0.2) is 52.2 Å². The van der Waals surface area contributed by atoms with Crippen molar-refractivity contribution in [1.82, 2.24) is 20.5 Å². The fourth-order valence-electron chi connectivity index (χ4n) is 1.86. The third kappa shape index (κ3) is 4.14. The van der Waals surface area contributed by atoms with Crippen molar-refractivity contribution in [1.29, 1.82) is 0 Å². The number of H-pyrrole nitrogens is 1. The van der Waals surface area contributed by atoms with E-state index in [2.05, 4.69) is 20.5 Å². The van der Waals surface area contributed by atoms with E-state index >= 15 is 0 Å². The lowest BCUT2D eigenvalue weighted by atomic mass is 10.2. The Labute approximate surface area is 141 Å². The Kier molecular flexibility index (Phi) is 4.99. The first kappa shape index (κ1) is 15.6. The van der Waals surface area contributed by atoms with Gasteiger partial charge in [0.1, 0.15) is 5.76 Å². The van der Waals surface area contributed by atoms with Crippen LogP contribution in [-0.4, -0.2) is 26.8 Å². The van der Waals surface area contributed by atoms with Gasteiger partial charge in [-0.05, 0) is 24.3 Å². The fourth-order valence-corrected chi connectivity index (χ4v) is 2.72. The topological polar surface area (TPSA) is 83.8 Å². The minimum absolute atomic E-state index is 0.115. The predicted molar refractivity (Wildman–Crippen MR) is 88.1 cm³/mol. The molecule has 23 heavy (non-hydrogen) atoms. The molecular weight excluding hydrogens is 336 g/mol. The van der Waals surface area contributed by atoms with Crippen LogP contribution in [-0.2, 0) is 11.3 Å². The molecule has 3 aromatic rings. The van der Waals surface area contributed by atoms with Gasteiger partial charge in [0.05, 0.1) is 23.6 Å². The Morgan fingerprint density at radius 1 is 1.30 bits per heavy atom. The van der Waals surface area contributed by atoms with Crippen LogP contribution >= 0.6 is 23.4 Å². The minimum Gasteiger partial charge on any atom is -0.467 e. The molecule has 1 amide bonds. The summed E-state index contributed by atoms with van der Waals surface area (Å²) in [7, 11) is 0. The van der Waals surface area contributed by atoms with E-state index in [9.17, 15) is 4.79 Å². The zero-order chi connectivity index (χ0) is 16.1. The number of carbonyl (C=O) groups excluding carboxylic acids is 1. The molecule has 2 aromatic heterocycles. The van der Waals surface area contributed by atoms with Crippen LogP contribution in [0.4, 0.5) is 0 Å². The molecule has 0 spiro atoms. The smallest absolute Gasteiger partial charge is 0.230 e. The normalized spacial score (nSPS) is 10.7. The van der Waals surface area contributed by atoms with Crippen molar-refractivity contribution < 1.29 is 9.21 Å². The highest BCUT2D eigenvalue weighted by molar-refractivity contribution is 7.99. The summed E-state index contributed by atoms with van der Waals surface area (Å²) in [5, 5.41) is 10.8. The molecule has 0 atom stereocenters. The summed E-state index contributed by atoms with van der Waals surface area (Å²) in [4.78, 5) is 16.1. The summed E-state index contributed by atoms with van der Waals surface area (Å²) in [6, 6.07) is 10.9. The number of thioether (sulfide) groups is 1. The zero-order valence-corrected chi connectivity index (χ0v) is 13.5. The molecule has 0 aliphatic heterocycles. The average Bonchev–Trinajstić information content (AvgIpc) is 3.23. The number of furan rings is 1. The summed E-state index contributed by atoms with van der Waals surface area (Å²) in [5.74, 6) is 1.40. The minimum atomic E-state index is -0.115. The molecule has 118 valence electrons. The van der Waals surface area contributed by atoms with Gasteiger partial charge in [0.25, 0.3) is 0 Å². The van der Waals surface area contributed by atoms with Crippen LogP contribution in [0.2, 0.25) is 5.02 Å². The highest BCUT2D eigenvalue weighted by Crippen LogP contribution is 2.25. The molecule has 0 aliphatic rings. The largest absolute Gasteiger partial charge is 0.467 e. The van der Waals surface area contributed by atoms with Gasteiger partial charge >= 0.3 is 0 Å². The monoisotopic (exact) mass is 348 g/mol. The molecule has 6 nitrogen and oxygen atoms in total. The van der Waals surface area contributed by atoms with Crippen LogP contribution in [0.25, 0.3) is 11.4 Å². The van der Waals surface area contributed by atoms with Crippen molar-refractivity contribution in [2.24, 2.45) is 0 Å². The summed E-state index contributed by atoms with van der Waals surface area (Å²) in [5.41, 5.74) is 0.774. The number of halogens is 1. The van der Waals surface area contributed by atoms with Crippen molar-refractivity contribution in [2.45, 2.75) is 11.7 Å². The zero-order valence-electron chi connectivity index (χ0n) is 12.0. The Bertz CT molecular complexity index is 788. The van der Waals surface area contributed by atoms with Gasteiger partial charge in [-0.3, -0.25) is 9.89 Å². The number of benzene rings is 1. The van der Waals surface area contributed by atoms with Gasteiger partial charge in [-0.1, -0.05) is 35.5 Å². The molecule has 0 radical (unpaired) electrons. The summed E-state index contributed by atoms with van der Waals surface area (Å²) >= 11 is 7.37. The molecule has 0 saturated heterocycles. The van der Waals surface area contributed by atoms with E-state index in [1.165, 1.54) is 11.8 Å². The van der Waals surface area contributed by atoms with Crippen LogP contribution in [0, 0.1) is 0 Å². The van der Waals surface area contributed by atoms with Gasteiger partial charge in [-0.25, -0.2) is 4.98 Å². The molecule has 0 aliphatic carbocycles. The lowest BCUT2D eigenvalue weighted by Gasteiger charge is -2.01. The first-order chi connectivity index (χ1) is 11.2. The van der Waals surface area contributed by atoms with E-state index in [0.717, 1.165) is 5.56 Å². The molecule has 0 saturated carbocycles. The number of nitrogens with one attached hydrogen (secondary N) is 2. The number of aromatic amines is 1. The second-order valence-corrected chi connectivity index (χ2v) is 5.94. The van der Waals surface area contributed by atoms with Crippen molar-refractivity contribution in [2.75, 3.05) is 5.75 Å². The molecule has 2 N–H and O–H groups in total. The summed E-state index contributed by atoms with van der Waals surface area (Å²) in [6.45, 7) is 0.366. The second-order valence-electron chi connectivity index (χ2n) is 4.59. The summed E-state index contributed by atoms with van der Waals surface area (Å²) < 4.78 is 5.15. The number of hydrogen-bond donors (Lipinski definition) is 2.